The molecule has 0 bridgehead atoms. The number of fused-ring (bicyclic) bond motifs is 1. The van der Waals surface area contributed by atoms with E-state index in [0.29, 0.717) is 12.1 Å². The number of hydrogen-bond acceptors (Lipinski definition) is 2. The van der Waals surface area contributed by atoms with Crippen molar-refractivity contribution < 1.29 is 9.18 Å². The molecule has 1 heterocycles. The summed E-state index contributed by atoms with van der Waals surface area (Å²) < 4.78 is 13.5. The molecule has 0 spiro atoms. The van der Waals surface area contributed by atoms with E-state index in [1.54, 1.807) is 12.1 Å². The maximum absolute atomic E-state index is 13.5. The van der Waals surface area contributed by atoms with Crippen LogP contribution in [-0.2, 0) is 4.79 Å². The molecule has 0 fully saturated rings. The number of nitrogens with one attached hydrogen (secondary N) is 2. The smallest absolute Gasteiger partial charge is 0.226 e. The number of anilines is 2. The number of amides is 1. The van der Waals surface area contributed by atoms with Crippen LogP contribution in [0.25, 0.3) is 0 Å². The largest absolute Gasteiger partial charge is 0.380 e. The molecule has 3 nitrogen and oxygen atoms in total. The lowest BCUT2D eigenvalue weighted by atomic mass is 10.1. The summed E-state index contributed by atoms with van der Waals surface area (Å²) in [7, 11) is 0. The summed E-state index contributed by atoms with van der Waals surface area (Å²) in [5.41, 5.74) is 0.940. The van der Waals surface area contributed by atoms with Crippen LogP contribution in [0, 0.1) is 5.82 Å². The van der Waals surface area contributed by atoms with Crippen molar-refractivity contribution in [3.63, 3.8) is 0 Å². The molecule has 1 amide bonds. The van der Waals surface area contributed by atoms with Crippen molar-refractivity contribution in [2.24, 2.45) is 0 Å². The van der Waals surface area contributed by atoms with Gasteiger partial charge in [0.2, 0.25) is 5.91 Å². The summed E-state index contributed by atoms with van der Waals surface area (Å²) in [6.07, 6.45) is 2.29. The highest BCUT2D eigenvalue weighted by molar-refractivity contribution is 5.96. The van der Waals surface area contributed by atoms with Crippen LogP contribution < -0.4 is 10.6 Å². The summed E-state index contributed by atoms with van der Waals surface area (Å²) in [4.78, 5) is 11.6. The summed E-state index contributed by atoms with van der Waals surface area (Å²) in [6, 6.07) is 4.86. The van der Waals surface area contributed by atoms with Gasteiger partial charge in [0.15, 0.2) is 0 Å². The number of carbonyl (C=O) groups excluding carboxylic acids is 1. The Morgan fingerprint density at radius 3 is 3.06 bits per heavy atom. The molecule has 1 aromatic carbocycles. The lowest BCUT2D eigenvalue weighted by molar-refractivity contribution is -0.116. The van der Waals surface area contributed by atoms with Crippen molar-refractivity contribution in [2.45, 2.75) is 32.2 Å². The summed E-state index contributed by atoms with van der Waals surface area (Å²) in [5.74, 6) is -0.523. The highest BCUT2D eigenvalue weighted by Crippen LogP contribution is 2.29. The van der Waals surface area contributed by atoms with E-state index >= 15 is 0 Å². The Hall–Kier alpha value is -1.58. The first-order chi connectivity index (χ1) is 7.70. The standard InChI is InChI=1S/C12H15FN2O/c1-2-4-8-7-11(16)15-12-9(13)5-3-6-10(12)14-8/h3,5-6,8,14H,2,4,7H2,1H3,(H,15,16). The maximum atomic E-state index is 13.5. The van der Waals surface area contributed by atoms with Gasteiger partial charge in [-0.2, -0.15) is 0 Å². The number of para-hydroxylation sites is 1. The van der Waals surface area contributed by atoms with E-state index in [1.807, 2.05) is 0 Å². The predicted molar refractivity (Wildman–Crippen MR) is 62.0 cm³/mol. The van der Waals surface area contributed by atoms with Crippen LogP contribution in [0.3, 0.4) is 0 Å². The molecule has 0 aliphatic carbocycles. The fourth-order valence-corrected chi connectivity index (χ4v) is 1.98. The Labute approximate surface area is 94.0 Å². The van der Waals surface area contributed by atoms with E-state index in [4.69, 9.17) is 0 Å². The van der Waals surface area contributed by atoms with E-state index < -0.39 is 5.82 Å². The van der Waals surface area contributed by atoms with Gasteiger partial charge in [-0.1, -0.05) is 19.4 Å². The topological polar surface area (TPSA) is 41.1 Å². The molecule has 1 aliphatic rings. The van der Waals surface area contributed by atoms with Crippen LogP contribution in [0.2, 0.25) is 0 Å². The quantitative estimate of drug-likeness (QED) is 0.807. The van der Waals surface area contributed by atoms with Crippen molar-refractivity contribution in [3.8, 4) is 0 Å². The molecular formula is C12H15FN2O. The van der Waals surface area contributed by atoms with E-state index in [2.05, 4.69) is 17.6 Å². The first kappa shape index (κ1) is 10.9. The average Bonchev–Trinajstić information content (AvgIpc) is 2.38. The second kappa shape index (κ2) is 4.51. The van der Waals surface area contributed by atoms with Gasteiger partial charge in [0.25, 0.3) is 0 Å². The molecule has 2 N–H and O–H groups in total. The molecule has 1 atom stereocenters. The molecule has 0 saturated carbocycles. The van der Waals surface area contributed by atoms with Gasteiger partial charge in [-0.15, -0.1) is 0 Å². The zero-order valence-electron chi connectivity index (χ0n) is 9.22. The van der Waals surface area contributed by atoms with Crippen LogP contribution in [0.4, 0.5) is 15.8 Å². The molecule has 4 heteroatoms. The lowest BCUT2D eigenvalue weighted by Crippen LogP contribution is -2.22. The molecule has 86 valence electrons. The first-order valence-electron chi connectivity index (χ1n) is 5.55. The van der Waals surface area contributed by atoms with Crippen LogP contribution in [0.1, 0.15) is 26.2 Å². The minimum atomic E-state index is -0.393. The van der Waals surface area contributed by atoms with Gasteiger partial charge in [-0.25, -0.2) is 4.39 Å². The second-order valence-electron chi connectivity index (χ2n) is 4.04. The van der Waals surface area contributed by atoms with Gasteiger partial charge in [0.1, 0.15) is 11.5 Å². The zero-order valence-corrected chi connectivity index (χ0v) is 9.22. The molecule has 0 aromatic heterocycles. The van der Waals surface area contributed by atoms with Crippen molar-refractivity contribution in [1.29, 1.82) is 0 Å². The van der Waals surface area contributed by atoms with Crippen LogP contribution in [-0.4, -0.2) is 11.9 Å². The molecule has 0 saturated heterocycles. The monoisotopic (exact) mass is 222 g/mol. The minimum absolute atomic E-state index is 0.0908. The van der Waals surface area contributed by atoms with E-state index in [1.165, 1.54) is 6.07 Å². The number of hydrogen-bond donors (Lipinski definition) is 2. The Bertz CT molecular complexity index is 406. The van der Waals surface area contributed by atoms with Crippen LogP contribution >= 0.6 is 0 Å². The third-order valence-corrected chi connectivity index (χ3v) is 2.71. The summed E-state index contributed by atoms with van der Waals surface area (Å²) in [6.45, 7) is 2.07. The lowest BCUT2D eigenvalue weighted by Gasteiger charge is -2.15. The Kier molecular flexibility index (Phi) is 3.08. The van der Waals surface area contributed by atoms with Gasteiger partial charge in [-0.3, -0.25) is 4.79 Å². The number of benzene rings is 1. The van der Waals surface area contributed by atoms with Crippen molar-refractivity contribution in [1.82, 2.24) is 0 Å². The molecule has 1 unspecified atom stereocenters. The molecular weight excluding hydrogens is 207 g/mol. The molecule has 1 aromatic rings. The fourth-order valence-electron chi connectivity index (χ4n) is 1.98. The van der Waals surface area contributed by atoms with Crippen molar-refractivity contribution >= 4 is 17.3 Å². The van der Waals surface area contributed by atoms with Crippen LogP contribution in [0.15, 0.2) is 18.2 Å². The Morgan fingerprint density at radius 2 is 2.31 bits per heavy atom. The number of halogens is 1. The summed E-state index contributed by atoms with van der Waals surface area (Å²) >= 11 is 0. The number of carbonyl (C=O) groups is 1. The van der Waals surface area contributed by atoms with Gasteiger partial charge in [-0.05, 0) is 18.6 Å². The SMILES string of the molecule is CCCC1CC(=O)Nc2c(F)cccc2N1. The van der Waals surface area contributed by atoms with E-state index in [-0.39, 0.29) is 17.6 Å². The third-order valence-electron chi connectivity index (χ3n) is 2.71. The van der Waals surface area contributed by atoms with E-state index in [9.17, 15) is 9.18 Å². The Morgan fingerprint density at radius 1 is 1.50 bits per heavy atom. The first-order valence-corrected chi connectivity index (χ1v) is 5.55. The third kappa shape index (κ3) is 2.15. The number of rotatable bonds is 2. The second-order valence-corrected chi connectivity index (χ2v) is 4.04. The van der Waals surface area contributed by atoms with Crippen molar-refractivity contribution in [3.05, 3.63) is 24.0 Å². The van der Waals surface area contributed by atoms with Crippen LogP contribution in [0.5, 0.6) is 0 Å². The molecule has 1 aliphatic heterocycles. The molecule has 0 radical (unpaired) electrons. The molecule has 16 heavy (non-hydrogen) atoms. The predicted octanol–water partition coefficient (Wildman–Crippen LogP) is 2.75. The maximum Gasteiger partial charge on any atom is 0.226 e. The highest BCUT2D eigenvalue weighted by atomic mass is 19.1. The fraction of sp³-hybridized carbons (Fsp3) is 0.417. The highest BCUT2D eigenvalue weighted by Gasteiger charge is 2.21. The van der Waals surface area contributed by atoms with Gasteiger partial charge >= 0.3 is 0 Å². The van der Waals surface area contributed by atoms with Crippen molar-refractivity contribution in [2.75, 3.05) is 10.6 Å². The molecule has 2 rings (SSSR count). The minimum Gasteiger partial charge on any atom is -0.380 e. The van der Waals surface area contributed by atoms with E-state index in [0.717, 1.165) is 12.8 Å². The zero-order chi connectivity index (χ0) is 11.5. The normalized spacial score (nSPS) is 19.4. The van der Waals surface area contributed by atoms with Gasteiger partial charge in [0.05, 0.1) is 5.69 Å². The summed E-state index contributed by atoms with van der Waals surface area (Å²) in [5, 5.41) is 5.81. The van der Waals surface area contributed by atoms with Gasteiger partial charge in [0, 0.05) is 12.5 Å². The van der Waals surface area contributed by atoms with Gasteiger partial charge < -0.3 is 10.6 Å². The average molecular weight is 222 g/mol. The Balaban J connectivity index is 2.31.